The molecule has 0 amide bonds. The Hall–Kier alpha value is -3.63. The Morgan fingerprint density at radius 1 is 0.952 bits per heavy atom. The number of fused-ring (bicyclic) bond motifs is 1. The molecule has 1 unspecified atom stereocenters. The second-order valence-corrected chi connectivity index (χ2v) is 14.2. The van der Waals surface area contributed by atoms with Crippen molar-refractivity contribution < 1.29 is 34.5 Å². The summed E-state index contributed by atoms with van der Waals surface area (Å²) >= 11 is -2.85. The summed E-state index contributed by atoms with van der Waals surface area (Å²) in [5.41, 5.74) is 2.61. The van der Waals surface area contributed by atoms with Crippen LogP contribution < -0.4 is 14.6 Å². The van der Waals surface area contributed by atoms with Crippen LogP contribution in [0.15, 0.2) is 65.5 Å². The zero-order chi connectivity index (χ0) is 30.8. The van der Waals surface area contributed by atoms with Gasteiger partial charge in [-0.3, -0.25) is 22.1 Å². The fourth-order valence-corrected chi connectivity index (χ4v) is 6.55. The fraction of sp³-hybridized carbons (Fsp3) is 0.259. The monoisotopic (exact) mass is 634 g/mol. The zero-order valence-corrected chi connectivity index (χ0v) is 25.6. The molecule has 0 saturated carbocycles. The lowest BCUT2D eigenvalue weighted by Crippen LogP contribution is -2.31. The van der Waals surface area contributed by atoms with E-state index in [1.165, 1.54) is 28.8 Å². The van der Waals surface area contributed by atoms with Crippen molar-refractivity contribution in [2.24, 2.45) is 0 Å². The number of benzene rings is 3. The van der Waals surface area contributed by atoms with E-state index in [1.54, 1.807) is 50.2 Å². The maximum absolute atomic E-state index is 13.8. The molecule has 0 radical (unpaired) electrons. The van der Waals surface area contributed by atoms with Crippen molar-refractivity contribution in [2.45, 2.75) is 13.8 Å². The highest BCUT2D eigenvalue weighted by Crippen LogP contribution is 2.31. The molecule has 224 valence electrons. The quantitative estimate of drug-likeness (QED) is 0.136. The van der Waals surface area contributed by atoms with Crippen molar-refractivity contribution in [3.8, 4) is 22.8 Å². The molecule has 0 aliphatic heterocycles. The number of anilines is 1. The maximum atomic E-state index is 13.8. The summed E-state index contributed by atoms with van der Waals surface area (Å²) in [5, 5.41) is 0.365. The molecule has 1 heterocycles. The number of hydrogen-bond donors (Lipinski definition) is 0. The van der Waals surface area contributed by atoms with Gasteiger partial charge in [-0.05, 0) is 73.5 Å². The van der Waals surface area contributed by atoms with Crippen LogP contribution in [0.25, 0.3) is 28.0 Å². The average Bonchev–Trinajstić information content (AvgIpc) is 2.90. The van der Waals surface area contributed by atoms with E-state index in [1.807, 2.05) is 0 Å². The molecule has 0 aliphatic rings. The van der Waals surface area contributed by atoms with E-state index in [0.29, 0.717) is 49.2 Å². The topological polar surface area (TPSA) is 165 Å². The second kappa shape index (κ2) is 12.3. The average molecular weight is 635 g/mol. The lowest BCUT2D eigenvalue weighted by molar-refractivity contribution is 0.220. The molecule has 4 rings (SSSR count). The molecule has 42 heavy (non-hydrogen) atoms. The molecule has 0 bridgehead atoms. The standard InChI is InChI=1S/C27H29N3O9S3/c1-18-15-20(16-19(2)25(18)38-13-14-39-42(4,36)37)26-28-24-8-6-5-7-23(24)27(31)30(26)22-11-9-21(10-12-22)29(40(32)33)17-41(3,34)35/h5-12,15-16H,13-14,17H2,1-4H3,(H,32,33)/p-1. The van der Waals surface area contributed by atoms with Gasteiger partial charge in [0, 0.05) is 28.8 Å². The van der Waals surface area contributed by atoms with Gasteiger partial charge < -0.3 is 9.29 Å². The van der Waals surface area contributed by atoms with E-state index in [4.69, 9.17) is 13.9 Å². The first-order chi connectivity index (χ1) is 19.6. The minimum Gasteiger partial charge on any atom is -0.755 e. The molecule has 1 aromatic heterocycles. The number of hydrogen-bond acceptors (Lipinski definition) is 10. The molecule has 0 aliphatic carbocycles. The molecular weight excluding hydrogens is 607 g/mol. The number of nitrogens with zero attached hydrogens (tertiary/aromatic N) is 3. The van der Waals surface area contributed by atoms with Crippen LogP contribution in [0, 0.1) is 13.8 Å². The van der Waals surface area contributed by atoms with Crippen LogP contribution >= 0.6 is 0 Å². The Morgan fingerprint density at radius 3 is 2.14 bits per heavy atom. The summed E-state index contributed by atoms with van der Waals surface area (Å²) in [6.45, 7) is 3.47. The van der Waals surface area contributed by atoms with E-state index < -0.39 is 37.1 Å². The maximum Gasteiger partial charge on any atom is 0.266 e. The van der Waals surface area contributed by atoms with Crippen LogP contribution in [0.3, 0.4) is 0 Å². The van der Waals surface area contributed by atoms with Gasteiger partial charge in [-0.25, -0.2) is 13.4 Å². The first-order valence-corrected chi connectivity index (χ1v) is 17.3. The summed E-state index contributed by atoms with van der Waals surface area (Å²) in [6, 6.07) is 16.3. The molecule has 15 heteroatoms. The Bertz CT molecular complexity index is 1920. The molecular formula is C27H28N3O9S3-. The summed E-state index contributed by atoms with van der Waals surface area (Å²) in [5.74, 6) is 0.106. The van der Waals surface area contributed by atoms with E-state index in [-0.39, 0.29) is 24.5 Å². The van der Waals surface area contributed by atoms with Crippen LogP contribution in [0.4, 0.5) is 5.69 Å². The van der Waals surface area contributed by atoms with Crippen molar-refractivity contribution in [1.29, 1.82) is 0 Å². The highest BCUT2D eigenvalue weighted by atomic mass is 32.2. The van der Waals surface area contributed by atoms with Crippen LogP contribution in [0.2, 0.25) is 0 Å². The van der Waals surface area contributed by atoms with Gasteiger partial charge in [0.25, 0.3) is 15.7 Å². The fourth-order valence-electron chi connectivity index (χ4n) is 4.39. The normalized spacial score (nSPS) is 12.8. The Labute approximate surface area is 246 Å². The number of ether oxygens (including phenoxy) is 1. The summed E-state index contributed by atoms with van der Waals surface area (Å²) in [4.78, 5) is 18.6. The van der Waals surface area contributed by atoms with Crippen molar-refractivity contribution in [1.82, 2.24) is 9.55 Å². The Kier molecular flexibility index (Phi) is 9.18. The highest BCUT2D eigenvalue weighted by Gasteiger charge is 2.19. The van der Waals surface area contributed by atoms with Crippen molar-refractivity contribution in [3.05, 3.63) is 82.1 Å². The van der Waals surface area contributed by atoms with Gasteiger partial charge in [0.1, 0.15) is 30.7 Å². The molecule has 0 spiro atoms. The predicted molar refractivity (Wildman–Crippen MR) is 160 cm³/mol. The van der Waals surface area contributed by atoms with Gasteiger partial charge in [0.2, 0.25) is 0 Å². The minimum atomic E-state index is -3.65. The largest absolute Gasteiger partial charge is 0.755 e. The Morgan fingerprint density at radius 2 is 1.57 bits per heavy atom. The van der Waals surface area contributed by atoms with Crippen LogP contribution in [-0.2, 0) is 35.4 Å². The lowest BCUT2D eigenvalue weighted by Gasteiger charge is -2.25. The summed E-state index contributed by atoms with van der Waals surface area (Å²) in [6.07, 6.45) is 1.88. The van der Waals surface area contributed by atoms with Gasteiger partial charge in [-0.2, -0.15) is 8.42 Å². The minimum absolute atomic E-state index is 0.00385. The SMILES string of the molecule is Cc1cc(-c2nc3ccccc3c(=O)n2-c2ccc(N(CS(C)(=O)=O)S(=O)[O-])cc2)cc(C)c1OCCOS(C)(=O)=O. The third-order valence-corrected chi connectivity index (χ3v) is 8.23. The van der Waals surface area contributed by atoms with Gasteiger partial charge in [0.15, 0.2) is 9.84 Å². The van der Waals surface area contributed by atoms with Crippen LogP contribution in [-0.4, -0.2) is 66.8 Å². The van der Waals surface area contributed by atoms with E-state index in [9.17, 15) is 30.4 Å². The molecule has 0 fully saturated rings. The van der Waals surface area contributed by atoms with E-state index in [0.717, 1.165) is 12.5 Å². The number of rotatable bonds is 11. The number of aryl methyl sites for hydroxylation is 2. The molecule has 0 N–H and O–H groups in total. The first kappa shape index (κ1) is 31.3. The summed E-state index contributed by atoms with van der Waals surface area (Å²) in [7, 11) is -7.25. The molecule has 3 aromatic carbocycles. The Balaban J connectivity index is 1.80. The van der Waals surface area contributed by atoms with Crippen molar-refractivity contribution >= 4 is 47.8 Å². The highest BCUT2D eigenvalue weighted by molar-refractivity contribution is 7.92. The van der Waals surface area contributed by atoms with Crippen molar-refractivity contribution in [3.63, 3.8) is 0 Å². The second-order valence-electron chi connectivity index (χ2n) is 9.57. The van der Waals surface area contributed by atoms with Gasteiger partial charge in [0.05, 0.1) is 22.8 Å². The van der Waals surface area contributed by atoms with Crippen molar-refractivity contribution in [2.75, 3.05) is 35.9 Å². The third kappa shape index (κ3) is 7.41. The number of sulfone groups is 1. The first-order valence-electron chi connectivity index (χ1n) is 12.4. The number of para-hydroxylation sites is 1. The number of aromatic nitrogens is 2. The lowest BCUT2D eigenvalue weighted by atomic mass is 10.0. The van der Waals surface area contributed by atoms with Crippen LogP contribution in [0.5, 0.6) is 5.75 Å². The molecule has 12 nitrogen and oxygen atoms in total. The predicted octanol–water partition coefficient (Wildman–Crippen LogP) is 2.63. The zero-order valence-electron chi connectivity index (χ0n) is 23.1. The molecule has 1 atom stereocenters. The molecule has 4 aromatic rings. The van der Waals surface area contributed by atoms with Crippen LogP contribution in [0.1, 0.15) is 11.1 Å². The third-order valence-electron chi connectivity index (χ3n) is 6.05. The summed E-state index contributed by atoms with van der Waals surface area (Å²) < 4.78 is 82.1. The van der Waals surface area contributed by atoms with E-state index >= 15 is 0 Å². The van der Waals surface area contributed by atoms with Gasteiger partial charge in [-0.15, -0.1) is 0 Å². The van der Waals surface area contributed by atoms with E-state index in [2.05, 4.69) is 0 Å². The molecule has 0 saturated heterocycles. The van der Waals surface area contributed by atoms with Gasteiger partial charge >= 0.3 is 0 Å². The van der Waals surface area contributed by atoms with Gasteiger partial charge in [-0.1, -0.05) is 12.1 Å². The smallest absolute Gasteiger partial charge is 0.266 e.